The molecule has 0 bridgehead atoms. The van der Waals surface area contributed by atoms with E-state index in [1.54, 1.807) is 18.2 Å². The minimum absolute atomic E-state index is 0.0350. The van der Waals surface area contributed by atoms with E-state index in [0.717, 1.165) is 35.5 Å². The molecular formula is C29H40N2O. The van der Waals surface area contributed by atoms with Crippen molar-refractivity contribution in [2.75, 3.05) is 0 Å². The molecule has 1 amide bonds. The van der Waals surface area contributed by atoms with Crippen molar-refractivity contribution in [2.45, 2.75) is 84.6 Å². The third-order valence-electron chi connectivity index (χ3n) is 10.5. The number of carbonyl (C=O) groups excluding carboxylic acids is 1. The Morgan fingerprint density at radius 2 is 1.91 bits per heavy atom. The maximum atomic E-state index is 12.9. The van der Waals surface area contributed by atoms with Crippen molar-refractivity contribution in [3.8, 4) is 6.07 Å². The van der Waals surface area contributed by atoms with Crippen LogP contribution in [-0.4, -0.2) is 11.9 Å². The smallest absolute Gasteiger partial charge is 0.251 e. The maximum absolute atomic E-state index is 12.9. The number of hydrogen-bond donors (Lipinski definition) is 1. The van der Waals surface area contributed by atoms with Crippen LogP contribution in [-0.2, 0) is 0 Å². The van der Waals surface area contributed by atoms with Crippen LogP contribution < -0.4 is 5.32 Å². The molecule has 0 saturated heterocycles. The molecule has 4 saturated carbocycles. The van der Waals surface area contributed by atoms with Gasteiger partial charge in [0.25, 0.3) is 5.91 Å². The molecule has 172 valence electrons. The summed E-state index contributed by atoms with van der Waals surface area (Å²) in [5.41, 5.74) is 1.50. The zero-order valence-corrected chi connectivity index (χ0v) is 20.1. The van der Waals surface area contributed by atoms with Gasteiger partial charge in [-0.15, -0.1) is 0 Å². The molecule has 4 aliphatic rings. The van der Waals surface area contributed by atoms with Gasteiger partial charge in [-0.3, -0.25) is 4.79 Å². The van der Waals surface area contributed by atoms with E-state index in [4.69, 9.17) is 5.26 Å². The molecule has 0 radical (unpaired) electrons. The van der Waals surface area contributed by atoms with Crippen molar-refractivity contribution < 1.29 is 4.79 Å². The number of nitrogens with zero attached hydrogens (tertiary/aromatic N) is 1. The van der Waals surface area contributed by atoms with Crippen molar-refractivity contribution in [1.82, 2.24) is 5.32 Å². The summed E-state index contributed by atoms with van der Waals surface area (Å²) in [7, 11) is 0. The van der Waals surface area contributed by atoms with E-state index in [2.05, 4.69) is 32.2 Å². The summed E-state index contributed by atoms with van der Waals surface area (Å²) >= 11 is 0. The van der Waals surface area contributed by atoms with E-state index < -0.39 is 0 Å². The van der Waals surface area contributed by atoms with Crippen molar-refractivity contribution in [2.24, 2.45) is 46.8 Å². The lowest BCUT2D eigenvalue weighted by molar-refractivity contribution is -0.0698. The van der Waals surface area contributed by atoms with Gasteiger partial charge in [0.15, 0.2) is 0 Å². The van der Waals surface area contributed by atoms with Gasteiger partial charge in [-0.05, 0) is 123 Å². The van der Waals surface area contributed by atoms with E-state index in [1.165, 1.54) is 57.8 Å². The van der Waals surface area contributed by atoms with Gasteiger partial charge in [-0.2, -0.15) is 5.26 Å². The predicted octanol–water partition coefficient (Wildman–Crippen LogP) is 6.58. The highest BCUT2D eigenvalue weighted by Gasteiger charge is 2.57. The number of nitrogens with one attached hydrogen (secondary N) is 1. The summed E-state index contributed by atoms with van der Waals surface area (Å²) in [6.45, 7) is 7.24. The first-order chi connectivity index (χ1) is 15.4. The molecule has 3 heteroatoms. The zero-order valence-electron chi connectivity index (χ0n) is 20.1. The largest absolute Gasteiger partial charge is 0.349 e. The van der Waals surface area contributed by atoms with E-state index in [-0.39, 0.29) is 11.9 Å². The number of fused-ring (bicyclic) bond motifs is 5. The minimum Gasteiger partial charge on any atom is -0.349 e. The highest BCUT2D eigenvalue weighted by Crippen LogP contribution is 2.64. The average molecular weight is 433 g/mol. The first-order valence-electron chi connectivity index (χ1n) is 13.2. The standard InChI is InChI=1S/C29H40N2O/c1-18-7-9-23-21(15-18)8-10-25-24(23)13-14-29(3)26(11-12-27(25)29)19(2)31-28(32)22-6-4-5-20(16-22)17-30/h4-6,16,18-19,21,23-27H,7-15H2,1-3H3,(H,31,32)/t18-,19+,21+,23-,24?,25+,26?,27?,29+/m0/s1. The highest BCUT2D eigenvalue weighted by molar-refractivity contribution is 5.94. The van der Waals surface area contributed by atoms with Crippen LogP contribution in [0.1, 0.15) is 94.5 Å². The van der Waals surface area contributed by atoms with Gasteiger partial charge in [0.2, 0.25) is 0 Å². The van der Waals surface area contributed by atoms with Gasteiger partial charge in [-0.25, -0.2) is 0 Å². The fraction of sp³-hybridized carbons (Fsp3) is 0.724. The van der Waals surface area contributed by atoms with E-state index in [0.29, 0.717) is 22.5 Å². The molecule has 4 fully saturated rings. The van der Waals surface area contributed by atoms with Gasteiger partial charge >= 0.3 is 0 Å². The molecule has 0 aliphatic heterocycles. The molecule has 3 unspecified atom stereocenters. The Labute approximate surface area is 194 Å². The number of hydrogen-bond acceptors (Lipinski definition) is 2. The second kappa shape index (κ2) is 8.51. The molecular weight excluding hydrogens is 392 g/mol. The van der Waals surface area contributed by atoms with Crippen LogP contribution in [0.25, 0.3) is 0 Å². The highest BCUT2D eigenvalue weighted by atomic mass is 16.1. The summed E-state index contributed by atoms with van der Waals surface area (Å²) in [6.07, 6.45) is 12.7. The van der Waals surface area contributed by atoms with E-state index in [9.17, 15) is 4.79 Å². The number of rotatable bonds is 3. The van der Waals surface area contributed by atoms with Gasteiger partial charge in [0.05, 0.1) is 11.6 Å². The first-order valence-corrected chi connectivity index (χ1v) is 13.2. The number of nitriles is 1. The summed E-state index contributed by atoms with van der Waals surface area (Å²) < 4.78 is 0. The van der Waals surface area contributed by atoms with Crippen LogP contribution in [0.15, 0.2) is 24.3 Å². The molecule has 5 rings (SSSR count). The average Bonchev–Trinajstić information content (AvgIpc) is 3.16. The van der Waals surface area contributed by atoms with Crippen LogP contribution in [0.3, 0.4) is 0 Å². The third kappa shape index (κ3) is 3.68. The number of benzene rings is 1. The molecule has 9 atom stereocenters. The molecule has 0 aromatic heterocycles. The molecule has 0 spiro atoms. The normalized spacial score (nSPS) is 41.5. The topological polar surface area (TPSA) is 52.9 Å². The quantitative estimate of drug-likeness (QED) is 0.586. The van der Waals surface area contributed by atoms with Gasteiger partial charge in [0.1, 0.15) is 0 Å². The predicted molar refractivity (Wildman–Crippen MR) is 128 cm³/mol. The fourth-order valence-electron chi connectivity index (χ4n) is 9.07. The molecule has 32 heavy (non-hydrogen) atoms. The van der Waals surface area contributed by atoms with E-state index in [1.807, 2.05) is 6.07 Å². The van der Waals surface area contributed by atoms with Crippen molar-refractivity contribution in [1.29, 1.82) is 5.26 Å². The van der Waals surface area contributed by atoms with Crippen LogP contribution in [0.2, 0.25) is 0 Å². The lowest BCUT2D eigenvalue weighted by Crippen LogP contribution is -2.51. The second-order valence-electron chi connectivity index (χ2n) is 12.0. The van der Waals surface area contributed by atoms with E-state index >= 15 is 0 Å². The van der Waals surface area contributed by atoms with Crippen LogP contribution in [0, 0.1) is 58.2 Å². The van der Waals surface area contributed by atoms with Crippen molar-refractivity contribution in [3.63, 3.8) is 0 Å². The Balaban J connectivity index is 1.28. The molecule has 3 nitrogen and oxygen atoms in total. The minimum atomic E-state index is -0.0350. The Bertz CT molecular complexity index is 903. The Morgan fingerprint density at radius 3 is 2.72 bits per heavy atom. The Hall–Kier alpha value is -1.82. The lowest BCUT2D eigenvalue weighted by atomic mass is 9.49. The molecule has 1 aromatic rings. The Kier molecular flexibility index (Phi) is 5.85. The first kappa shape index (κ1) is 22.0. The summed E-state index contributed by atoms with van der Waals surface area (Å²) in [5, 5.41) is 12.5. The number of carbonyl (C=O) groups is 1. The Morgan fingerprint density at radius 1 is 1.09 bits per heavy atom. The fourth-order valence-corrected chi connectivity index (χ4v) is 9.07. The van der Waals surface area contributed by atoms with Gasteiger partial charge in [0, 0.05) is 11.6 Å². The second-order valence-corrected chi connectivity index (χ2v) is 12.0. The summed E-state index contributed by atoms with van der Waals surface area (Å²) in [5.74, 6) is 6.19. The monoisotopic (exact) mass is 432 g/mol. The number of amides is 1. The molecule has 1 aromatic carbocycles. The third-order valence-corrected chi connectivity index (χ3v) is 10.5. The van der Waals surface area contributed by atoms with Gasteiger partial charge in [-0.1, -0.05) is 26.3 Å². The van der Waals surface area contributed by atoms with Crippen LogP contribution in [0.5, 0.6) is 0 Å². The maximum Gasteiger partial charge on any atom is 0.251 e. The molecule has 4 aliphatic carbocycles. The van der Waals surface area contributed by atoms with Gasteiger partial charge < -0.3 is 5.32 Å². The van der Waals surface area contributed by atoms with Crippen molar-refractivity contribution >= 4 is 5.91 Å². The molecule has 0 heterocycles. The summed E-state index contributed by atoms with van der Waals surface area (Å²) in [4.78, 5) is 12.9. The lowest BCUT2D eigenvalue weighted by Gasteiger charge is -2.56. The zero-order chi connectivity index (χ0) is 22.5. The van der Waals surface area contributed by atoms with Crippen molar-refractivity contribution in [3.05, 3.63) is 35.4 Å². The molecule has 1 N–H and O–H groups in total. The van der Waals surface area contributed by atoms with Crippen LogP contribution >= 0.6 is 0 Å². The SMILES string of the molecule is C[C@H]1CC[C@@H]2C3CC[C@@]4(C)C(CCC4[C@@H](C)NC(=O)c4cccc(C#N)c4)[C@@H]3CC[C@@H]2C1. The van der Waals surface area contributed by atoms with Crippen LogP contribution in [0.4, 0.5) is 0 Å². The summed E-state index contributed by atoms with van der Waals surface area (Å²) in [6, 6.07) is 9.39.